The van der Waals surface area contributed by atoms with Gasteiger partial charge in [0, 0.05) is 11.1 Å². The molecule has 0 bridgehead atoms. The first kappa shape index (κ1) is 12.7. The third-order valence-electron chi connectivity index (χ3n) is 1.83. The molecule has 1 aromatic rings. The quantitative estimate of drug-likeness (QED) is 0.269. The Balaban J connectivity index is 2.83. The summed E-state index contributed by atoms with van der Waals surface area (Å²) < 4.78 is 13.3. The van der Waals surface area contributed by atoms with Gasteiger partial charge in [0.1, 0.15) is 5.82 Å². The van der Waals surface area contributed by atoms with Gasteiger partial charge in [-0.15, -0.1) is 0 Å². The van der Waals surface area contributed by atoms with Gasteiger partial charge in [-0.05, 0) is 24.2 Å². The maximum absolute atomic E-state index is 13.3. The number of halogens is 1. The number of nitrogens with zero attached hydrogens (tertiary/aromatic N) is 1. The van der Waals surface area contributed by atoms with Gasteiger partial charge in [-0.2, -0.15) is 0 Å². The first-order chi connectivity index (χ1) is 8.00. The van der Waals surface area contributed by atoms with Crippen molar-refractivity contribution in [1.29, 1.82) is 0 Å². The van der Waals surface area contributed by atoms with E-state index >= 15 is 0 Å². The molecule has 1 aromatic carbocycles. The number of oxime groups is 1. The number of carbonyl (C=O) groups is 1. The fraction of sp³-hybridized carbons (Fsp3) is 0.0909. The molecule has 0 aliphatic heterocycles. The molecule has 0 atom stereocenters. The van der Waals surface area contributed by atoms with Crippen LogP contribution in [0.5, 0.6) is 0 Å². The molecule has 0 radical (unpaired) electrons. The van der Waals surface area contributed by atoms with E-state index in [0.717, 1.165) is 0 Å². The van der Waals surface area contributed by atoms with Crippen LogP contribution in [-0.2, 0) is 9.63 Å². The summed E-state index contributed by atoms with van der Waals surface area (Å²) >= 11 is 0. The predicted molar refractivity (Wildman–Crippen MR) is 62.0 cm³/mol. The Kier molecular flexibility index (Phi) is 4.21. The summed E-state index contributed by atoms with van der Waals surface area (Å²) in [5.74, 6) is -1.54. The van der Waals surface area contributed by atoms with Gasteiger partial charge in [0.25, 0.3) is 0 Å². The van der Waals surface area contributed by atoms with E-state index in [1.807, 2.05) is 0 Å². The lowest BCUT2D eigenvalue weighted by atomic mass is 10.1. The van der Waals surface area contributed by atoms with E-state index in [2.05, 4.69) is 9.99 Å². The van der Waals surface area contributed by atoms with Crippen LogP contribution in [0.25, 0.3) is 6.08 Å². The molecule has 0 heterocycles. The van der Waals surface area contributed by atoms with Gasteiger partial charge >= 0.3 is 5.97 Å². The van der Waals surface area contributed by atoms with Crippen LogP contribution < -0.4 is 11.5 Å². The molecule has 1 rings (SSSR count). The molecule has 17 heavy (non-hydrogen) atoms. The summed E-state index contributed by atoms with van der Waals surface area (Å²) in [6, 6.07) is 6.04. The van der Waals surface area contributed by atoms with Gasteiger partial charge in [-0.25, -0.2) is 9.18 Å². The van der Waals surface area contributed by atoms with E-state index in [-0.39, 0.29) is 17.1 Å². The fourth-order valence-corrected chi connectivity index (χ4v) is 1.05. The van der Waals surface area contributed by atoms with Crippen LogP contribution in [0.4, 0.5) is 4.39 Å². The minimum absolute atomic E-state index is 0.181. The number of nitrogens with two attached hydrogens (primary N) is 2. The van der Waals surface area contributed by atoms with Gasteiger partial charge in [-0.3, -0.25) is 0 Å². The van der Waals surface area contributed by atoms with Gasteiger partial charge in [0.15, 0.2) is 0 Å². The van der Waals surface area contributed by atoms with Crippen molar-refractivity contribution in [3.8, 4) is 0 Å². The van der Waals surface area contributed by atoms with Crippen molar-refractivity contribution in [1.82, 2.24) is 0 Å². The van der Waals surface area contributed by atoms with E-state index in [4.69, 9.17) is 11.5 Å². The van der Waals surface area contributed by atoms with Crippen LogP contribution >= 0.6 is 0 Å². The summed E-state index contributed by atoms with van der Waals surface area (Å²) in [6.45, 7) is 1.47. The van der Waals surface area contributed by atoms with Crippen molar-refractivity contribution < 1.29 is 14.0 Å². The van der Waals surface area contributed by atoms with Crippen LogP contribution in [0.15, 0.2) is 35.0 Å². The zero-order valence-electron chi connectivity index (χ0n) is 9.18. The summed E-state index contributed by atoms with van der Waals surface area (Å²) in [4.78, 5) is 15.7. The molecule has 4 N–H and O–H groups in total. The van der Waals surface area contributed by atoms with Crippen molar-refractivity contribution in [2.24, 2.45) is 16.6 Å². The summed E-state index contributed by atoms with van der Waals surface area (Å²) in [7, 11) is 0. The molecule has 0 aliphatic rings. The predicted octanol–water partition coefficient (Wildman–Crippen LogP) is 0.961. The molecule has 0 unspecified atom stereocenters. The molecule has 0 saturated heterocycles. The van der Waals surface area contributed by atoms with Gasteiger partial charge < -0.3 is 16.3 Å². The molecule has 0 amide bonds. The minimum Gasteiger partial charge on any atom is -0.367 e. The monoisotopic (exact) mass is 237 g/mol. The summed E-state index contributed by atoms with van der Waals surface area (Å²) in [5, 5.41) is 3.10. The lowest BCUT2D eigenvalue weighted by molar-refractivity contribution is -0.138. The second-order valence-electron chi connectivity index (χ2n) is 3.24. The lowest BCUT2D eigenvalue weighted by Crippen LogP contribution is -2.23. The molecule has 5 nitrogen and oxygen atoms in total. The van der Waals surface area contributed by atoms with Gasteiger partial charge in [-0.1, -0.05) is 18.2 Å². The molecular weight excluding hydrogens is 225 g/mol. The van der Waals surface area contributed by atoms with Gasteiger partial charge in [0.05, 0.1) is 0 Å². The maximum atomic E-state index is 13.3. The number of hydrogen-bond acceptors (Lipinski definition) is 3. The molecule has 0 aromatic heterocycles. The smallest absolute Gasteiger partial charge is 0.361 e. The maximum Gasteiger partial charge on any atom is 0.361 e. The third kappa shape index (κ3) is 3.94. The molecule has 0 fully saturated rings. The average Bonchev–Trinajstić information content (AvgIpc) is 2.28. The molecule has 0 spiro atoms. The van der Waals surface area contributed by atoms with Crippen molar-refractivity contribution >= 4 is 18.0 Å². The highest BCUT2D eigenvalue weighted by molar-refractivity contribution is 5.93. The van der Waals surface area contributed by atoms with Crippen molar-refractivity contribution in [3.05, 3.63) is 41.2 Å². The summed E-state index contributed by atoms with van der Waals surface area (Å²) in [5.41, 5.74) is 10.4. The van der Waals surface area contributed by atoms with Crippen molar-refractivity contribution in [2.75, 3.05) is 0 Å². The molecule has 90 valence electrons. The topological polar surface area (TPSA) is 90.7 Å². The zero-order valence-corrected chi connectivity index (χ0v) is 9.18. The fourth-order valence-electron chi connectivity index (χ4n) is 1.05. The first-order valence-corrected chi connectivity index (χ1v) is 4.74. The second kappa shape index (κ2) is 5.64. The highest BCUT2D eigenvalue weighted by Gasteiger charge is 2.07. The number of benzene rings is 1. The van der Waals surface area contributed by atoms with E-state index in [0.29, 0.717) is 0 Å². The van der Waals surface area contributed by atoms with Crippen molar-refractivity contribution in [3.63, 3.8) is 0 Å². The van der Waals surface area contributed by atoms with Crippen LogP contribution in [0, 0.1) is 5.82 Å². The Bertz CT molecular complexity index is 479. The molecule has 0 aliphatic carbocycles. The van der Waals surface area contributed by atoms with E-state index < -0.39 is 11.8 Å². The molecule has 6 heteroatoms. The number of carbonyl (C=O) groups excluding carboxylic acids is 1. The first-order valence-electron chi connectivity index (χ1n) is 4.74. The highest BCUT2D eigenvalue weighted by Crippen LogP contribution is 2.11. The van der Waals surface area contributed by atoms with Gasteiger partial charge in [0.2, 0.25) is 5.96 Å². The van der Waals surface area contributed by atoms with Crippen LogP contribution in [0.1, 0.15) is 12.5 Å². The molecule has 0 saturated carbocycles. The highest BCUT2D eigenvalue weighted by atomic mass is 19.1. The SMILES string of the molecule is C/C(=C\c1ccccc1F)C(=O)ON=C(N)N. The Labute approximate surface area is 97.5 Å². The standard InChI is InChI=1S/C11H12FN3O2/c1-7(10(16)17-15-11(13)14)6-8-4-2-3-5-9(8)12/h2-6H,1H3,(H4,13,14,15)/b7-6+. The minimum atomic E-state index is -0.748. The lowest BCUT2D eigenvalue weighted by Gasteiger charge is -2.00. The summed E-state index contributed by atoms with van der Waals surface area (Å²) in [6.07, 6.45) is 1.35. The number of guanidine groups is 1. The molecular formula is C11H12FN3O2. The number of rotatable bonds is 3. The third-order valence-corrected chi connectivity index (χ3v) is 1.83. The Hall–Kier alpha value is -2.37. The van der Waals surface area contributed by atoms with Crippen molar-refractivity contribution in [2.45, 2.75) is 6.92 Å². The Morgan fingerprint density at radius 2 is 2.06 bits per heavy atom. The normalized spacial score (nSPS) is 10.8. The van der Waals surface area contributed by atoms with E-state index in [1.165, 1.54) is 25.1 Å². The van der Waals surface area contributed by atoms with Crippen LogP contribution in [0.3, 0.4) is 0 Å². The van der Waals surface area contributed by atoms with Crippen LogP contribution in [0.2, 0.25) is 0 Å². The largest absolute Gasteiger partial charge is 0.367 e. The zero-order chi connectivity index (χ0) is 12.8. The van der Waals surface area contributed by atoms with E-state index in [1.54, 1.807) is 12.1 Å². The second-order valence-corrected chi connectivity index (χ2v) is 3.24. The van der Waals surface area contributed by atoms with Crippen LogP contribution in [-0.4, -0.2) is 11.9 Å². The Morgan fingerprint density at radius 1 is 1.41 bits per heavy atom. The number of hydrogen-bond donors (Lipinski definition) is 2. The van der Waals surface area contributed by atoms with E-state index in [9.17, 15) is 9.18 Å². The Morgan fingerprint density at radius 3 is 2.65 bits per heavy atom. The average molecular weight is 237 g/mol.